The number of benzene rings is 11. The van der Waals surface area contributed by atoms with Gasteiger partial charge in [-0.05, 0) is 187 Å². The molecule has 15 rings (SSSR count). The average Bonchev–Trinajstić information content (AvgIpc) is 3.76. The van der Waals surface area contributed by atoms with Crippen molar-refractivity contribution < 1.29 is 0 Å². The topological polar surface area (TPSA) is 73.9 Å². The van der Waals surface area contributed by atoms with Crippen molar-refractivity contribution in [1.29, 1.82) is 5.26 Å². The Morgan fingerprint density at radius 2 is 0.800 bits per heavy atom. The molecule has 80 heavy (non-hydrogen) atoms. The quantitative estimate of drug-likeness (QED) is 0.111. The third-order valence-electron chi connectivity index (χ3n) is 15.5. The molecule has 13 aromatic rings. The number of nitriles is 1. The maximum absolute atomic E-state index is 10.5. The fourth-order valence-corrected chi connectivity index (χ4v) is 13.0. The summed E-state index contributed by atoms with van der Waals surface area (Å²) in [4.78, 5) is 20.4. The van der Waals surface area contributed by atoms with E-state index in [4.69, 9.17) is 15.0 Å². The molecule has 10 heteroatoms. The fourth-order valence-electron chi connectivity index (χ4n) is 12.0. The Labute approximate surface area is 490 Å². The zero-order valence-electron chi connectivity index (χ0n) is 42.7. The molecule has 7 nitrogen and oxygen atoms in total. The Morgan fingerprint density at radius 1 is 0.362 bits per heavy atom. The Morgan fingerprint density at radius 3 is 1.29 bits per heavy atom. The molecule has 2 aromatic heterocycles. The van der Waals surface area contributed by atoms with E-state index in [0.717, 1.165) is 83.6 Å². The molecule has 0 saturated heterocycles. The lowest BCUT2D eigenvalue weighted by Gasteiger charge is -2.44. The average molecular weight is 1250 g/mol. The molecule has 374 valence electrons. The molecule has 0 N–H and O–H groups in total. The molecule has 4 heterocycles. The second-order valence-corrected chi connectivity index (χ2v) is 22.6. The first-order valence-corrected chi connectivity index (χ1v) is 28.6. The molecule has 0 spiro atoms. The van der Waals surface area contributed by atoms with Crippen LogP contribution in [0.4, 0.5) is 34.1 Å². The zero-order chi connectivity index (χ0) is 53.4. The van der Waals surface area contributed by atoms with E-state index in [0.29, 0.717) is 28.6 Å². The molecule has 0 radical (unpaired) electrons. The summed E-state index contributed by atoms with van der Waals surface area (Å²) in [7, 11) is 0. The number of anilines is 6. The van der Waals surface area contributed by atoms with Gasteiger partial charge in [0.05, 0.1) is 28.4 Å². The Kier molecular flexibility index (Phi) is 11.8. The lowest BCUT2D eigenvalue weighted by atomic mass is 9.33. The first kappa shape index (κ1) is 48.0. The van der Waals surface area contributed by atoms with Crippen molar-refractivity contribution in [2.24, 2.45) is 0 Å². The summed E-state index contributed by atoms with van der Waals surface area (Å²) in [5.41, 5.74) is 20.9. The first-order valence-electron chi connectivity index (χ1n) is 26.5. The monoisotopic (exact) mass is 1250 g/mol. The summed E-state index contributed by atoms with van der Waals surface area (Å²) in [5.74, 6) is 1.56. The number of fused-ring (bicyclic) bond motifs is 7. The number of rotatable bonds is 8. The number of aromatic nitrogens is 4. The van der Waals surface area contributed by atoms with Gasteiger partial charge in [0.15, 0.2) is 17.5 Å². The lowest BCUT2D eigenvalue weighted by Crippen LogP contribution is -2.61. The van der Waals surface area contributed by atoms with Gasteiger partial charge in [-0.2, -0.15) is 5.26 Å². The molecule has 11 aromatic carbocycles. The number of nitrogens with zero attached hydrogens (tertiary/aromatic N) is 7. The smallest absolute Gasteiger partial charge is 0.252 e. The van der Waals surface area contributed by atoms with Gasteiger partial charge in [-0.25, -0.2) is 15.0 Å². The number of hydrogen-bond acceptors (Lipinski definition) is 6. The van der Waals surface area contributed by atoms with E-state index in [2.05, 4.69) is 242 Å². The molecule has 2 aliphatic heterocycles. The summed E-state index contributed by atoms with van der Waals surface area (Å²) in [6, 6.07) is 92.9. The summed E-state index contributed by atoms with van der Waals surface area (Å²) in [6.07, 6.45) is 0. The Bertz CT molecular complexity index is 4470. The third-order valence-corrected chi connectivity index (χ3v) is 16.9. The summed E-state index contributed by atoms with van der Waals surface area (Å²) in [6.45, 7) is -0.0150. The second-order valence-electron chi connectivity index (χ2n) is 20.2. The molecule has 0 saturated carbocycles. The van der Waals surface area contributed by atoms with Crippen LogP contribution in [0.15, 0.2) is 255 Å². The van der Waals surface area contributed by atoms with Crippen LogP contribution in [0.2, 0.25) is 0 Å². The predicted octanol–water partition coefficient (Wildman–Crippen LogP) is 16.5. The molecule has 0 aliphatic carbocycles. The minimum atomic E-state index is -0.0150. The van der Waals surface area contributed by atoms with E-state index in [-0.39, 0.29) is 6.71 Å². The highest BCUT2D eigenvalue weighted by molar-refractivity contribution is 14.1. The minimum Gasteiger partial charge on any atom is -0.311 e. The normalized spacial score (nSPS) is 12.3. The van der Waals surface area contributed by atoms with Gasteiger partial charge >= 0.3 is 0 Å². The van der Waals surface area contributed by atoms with Gasteiger partial charge in [0.1, 0.15) is 0 Å². The van der Waals surface area contributed by atoms with Crippen LogP contribution in [0.1, 0.15) is 5.56 Å². The van der Waals surface area contributed by atoms with E-state index in [1.807, 2.05) is 78.9 Å². The van der Waals surface area contributed by atoms with Crippen LogP contribution in [-0.4, -0.2) is 26.2 Å². The standard InChI is InChI=1S/C70H42BI2N7/c72-51-29-34-63-58(41-51)71-59-42-52(73)30-35-64(59)79(54-24-14-5-15-25-54)66-40-50(39-65(67(66)71)78(63)53-22-12-4-13-23-53)49-28-33-61-56(38-49)55-37-48(45-16-6-1-7-17-45)27-32-60(55)80(61)62-31-26-44(43-74)36-57(62)70-76-68(46-18-8-2-9-19-46)75-69(77-70)47-20-10-3-11-21-47/h1-42H. The molecule has 0 atom stereocenters. The Balaban J connectivity index is 0.997. The van der Waals surface area contributed by atoms with Gasteiger partial charge in [-0.15, -0.1) is 0 Å². The lowest BCUT2D eigenvalue weighted by molar-refractivity contribution is 1.06. The molecule has 2 aliphatic rings. The minimum absolute atomic E-state index is 0.0150. The van der Waals surface area contributed by atoms with Gasteiger partial charge in [0, 0.05) is 68.7 Å². The van der Waals surface area contributed by atoms with E-state index >= 15 is 0 Å². The van der Waals surface area contributed by atoms with E-state index in [1.165, 1.54) is 34.9 Å². The van der Waals surface area contributed by atoms with Gasteiger partial charge in [0.2, 0.25) is 0 Å². The van der Waals surface area contributed by atoms with Crippen molar-refractivity contribution >= 4 is 124 Å². The summed E-state index contributed by atoms with van der Waals surface area (Å²) in [5, 5.41) is 12.7. The third kappa shape index (κ3) is 8.10. The summed E-state index contributed by atoms with van der Waals surface area (Å²) < 4.78 is 4.72. The Hall–Kier alpha value is -9.16. The largest absolute Gasteiger partial charge is 0.311 e. The maximum Gasteiger partial charge on any atom is 0.252 e. The van der Waals surface area contributed by atoms with Crippen LogP contribution in [-0.2, 0) is 0 Å². The highest BCUT2D eigenvalue weighted by atomic mass is 127. The van der Waals surface area contributed by atoms with Gasteiger partial charge in [-0.1, -0.05) is 152 Å². The van der Waals surface area contributed by atoms with Crippen molar-refractivity contribution in [2.45, 2.75) is 0 Å². The highest BCUT2D eigenvalue weighted by Gasteiger charge is 2.44. The van der Waals surface area contributed by atoms with Crippen molar-refractivity contribution in [2.75, 3.05) is 9.80 Å². The van der Waals surface area contributed by atoms with Crippen LogP contribution in [0.3, 0.4) is 0 Å². The number of hydrogen-bond donors (Lipinski definition) is 0. The first-order chi connectivity index (χ1) is 39.4. The number of halogens is 2. The molecule has 0 amide bonds. The second kappa shape index (κ2) is 19.6. The van der Waals surface area contributed by atoms with E-state index < -0.39 is 0 Å². The van der Waals surface area contributed by atoms with Crippen LogP contribution in [0.5, 0.6) is 0 Å². The molecule has 0 fully saturated rings. The van der Waals surface area contributed by atoms with E-state index in [9.17, 15) is 5.26 Å². The van der Waals surface area contributed by atoms with Crippen LogP contribution < -0.4 is 26.2 Å². The van der Waals surface area contributed by atoms with Crippen LogP contribution in [0.25, 0.3) is 83.9 Å². The van der Waals surface area contributed by atoms with Gasteiger partial charge in [-0.3, -0.25) is 0 Å². The fraction of sp³-hybridized carbons (Fsp3) is 0. The van der Waals surface area contributed by atoms with Crippen LogP contribution >= 0.6 is 45.2 Å². The van der Waals surface area contributed by atoms with Gasteiger partial charge < -0.3 is 14.4 Å². The maximum atomic E-state index is 10.5. The highest BCUT2D eigenvalue weighted by Crippen LogP contribution is 2.47. The zero-order valence-corrected chi connectivity index (χ0v) is 47.0. The van der Waals surface area contributed by atoms with Gasteiger partial charge in [0.25, 0.3) is 6.71 Å². The molecular weight excluding hydrogens is 1200 g/mol. The van der Waals surface area contributed by atoms with Crippen LogP contribution in [0, 0.1) is 18.5 Å². The molecule has 0 bridgehead atoms. The van der Waals surface area contributed by atoms with Crippen molar-refractivity contribution in [1.82, 2.24) is 19.5 Å². The molecular formula is C70H42BI2N7. The summed E-state index contributed by atoms with van der Waals surface area (Å²) >= 11 is 4.95. The van der Waals surface area contributed by atoms with Crippen molar-refractivity contribution in [3.05, 3.63) is 267 Å². The molecule has 0 unspecified atom stereocenters. The van der Waals surface area contributed by atoms with E-state index in [1.54, 1.807) is 0 Å². The predicted molar refractivity (Wildman–Crippen MR) is 346 cm³/mol. The van der Waals surface area contributed by atoms with Crippen molar-refractivity contribution in [3.8, 4) is 68.2 Å². The SMILES string of the molecule is N#Cc1ccc(-n2c3ccc(-c4ccccc4)cc3c3cc(-c4cc5c6c(c4)N(c4ccccc4)c4ccc(I)cc4B6c4cc(I)ccc4N5c4ccccc4)ccc32)c(-c2nc(-c3ccccc3)nc(-c3ccccc3)n2)c1. The number of para-hydroxylation sites is 2. The van der Waals surface area contributed by atoms with Crippen molar-refractivity contribution in [3.63, 3.8) is 0 Å².